The van der Waals surface area contributed by atoms with Gasteiger partial charge in [-0.15, -0.1) is 11.3 Å². The smallest absolute Gasteiger partial charge is 0.254 e. The zero-order valence-corrected chi connectivity index (χ0v) is 21.4. The minimum atomic E-state index is -0.365. The third-order valence-electron chi connectivity index (χ3n) is 5.46. The molecule has 0 bridgehead atoms. The summed E-state index contributed by atoms with van der Waals surface area (Å²) in [7, 11) is 1.54. The van der Waals surface area contributed by atoms with Crippen molar-refractivity contribution in [3.05, 3.63) is 82.9 Å². The number of nitrogens with zero attached hydrogens (tertiary/aromatic N) is 2. The van der Waals surface area contributed by atoms with E-state index in [2.05, 4.69) is 27.8 Å². The molecule has 2 N–H and O–H groups in total. The Morgan fingerprint density at radius 2 is 1.72 bits per heavy atom. The summed E-state index contributed by atoms with van der Waals surface area (Å²) in [6, 6.07) is 19.0. The molecular formula is C27H32N4O4S. The van der Waals surface area contributed by atoms with Gasteiger partial charge < -0.3 is 20.3 Å². The number of amides is 3. The molecule has 36 heavy (non-hydrogen) atoms. The van der Waals surface area contributed by atoms with Crippen LogP contribution in [0, 0.1) is 0 Å². The van der Waals surface area contributed by atoms with E-state index in [1.165, 1.54) is 21.8 Å². The first-order chi connectivity index (χ1) is 17.4. The highest BCUT2D eigenvalue weighted by Gasteiger charge is 2.19. The van der Waals surface area contributed by atoms with Crippen LogP contribution in [0.5, 0.6) is 0 Å². The minimum absolute atomic E-state index is 0.0377. The molecule has 0 aliphatic carbocycles. The molecule has 0 aliphatic rings. The zero-order valence-electron chi connectivity index (χ0n) is 20.6. The first-order valence-corrected chi connectivity index (χ1v) is 12.7. The summed E-state index contributed by atoms with van der Waals surface area (Å²) in [6.45, 7) is 2.44. The Kier molecular flexibility index (Phi) is 10.6. The molecule has 0 saturated heterocycles. The Bertz CT molecular complexity index is 1120. The standard InChI is InChI=1S/C27H32N4O4S/c1-20(13-14-21-9-5-3-6-10-21)28-24(32)17-23-19-36-27(29-23)30-25(33)18-31(15-16-35-2)26(34)22-11-7-4-8-12-22/h3-12,19-20H,13-18H2,1-2H3,(H,28,32)(H,29,30,33). The van der Waals surface area contributed by atoms with E-state index in [-0.39, 0.29) is 43.3 Å². The number of hydrogen-bond acceptors (Lipinski definition) is 6. The number of ether oxygens (including phenoxy) is 1. The quantitative estimate of drug-likeness (QED) is 0.368. The van der Waals surface area contributed by atoms with E-state index in [0.717, 1.165) is 12.8 Å². The molecule has 3 amide bonds. The van der Waals surface area contributed by atoms with E-state index in [4.69, 9.17) is 4.74 Å². The maximum atomic E-state index is 12.8. The number of rotatable bonds is 13. The SMILES string of the molecule is COCCN(CC(=O)Nc1nc(CC(=O)NC(C)CCc2ccccc2)cs1)C(=O)c1ccccc1. The summed E-state index contributed by atoms with van der Waals surface area (Å²) in [5.74, 6) is -0.728. The van der Waals surface area contributed by atoms with E-state index in [1.54, 1.807) is 36.8 Å². The maximum Gasteiger partial charge on any atom is 0.254 e. The van der Waals surface area contributed by atoms with Gasteiger partial charge in [0.2, 0.25) is 11.8 Å². The van der Waals surface area contributed by atoms with Gasteiger partial charge in [0.15, 0.2) is 5.13 Å². The van der Waals surface area contributed by atoms with Crippen LogP contribution in [-0.2, 0) is 27.2 Å². The van der Waals surface area contributed by atoms with Gasteiger partial charge in [-0.2, -0.15) is 0 Å². The van der Waals surface area contributed by atoms with Crippen molar-refractivity contribution in [2.75, 3.05) is 32.1 Å². The Hall–Kier alpha value is -3.56. The number of aryl methyl sites for hydroxylation is 1. The largest absolute Gasteiger partial charge is 0.383 e. The molecule has 2 aromatic carbocycles. The summed E-state index contributed by atoms with van der Waals surface area (Å²) in [4.78, 5) is 43.7. The highest BCUT2D eigenvalue weighted by molar-refractivity contribution is 7.13. The monoisotopic (exact) mass is 508 g/mol. The molecule has 0 saturated carbocycles. The van der Waals surface area contributed by atoms with E-state index in [9.17, 15) is 14.4 Å². The van der Waals surface area contributed by atoms with E-state index < -0.39 is 0 Å². The lowest BCUT2D eigenvalue weighted by Gasteiger charge is -2.21. The molecule has 1 unspecified atom stereocenters. The lowest BCUT2D eigenvalue weighted by molar-refractivity contribution is -0.121. The molecule has 8 nitrogen and oxygen atoms in total. The van der Waals surface area contributed by atoms with Gasteiger partial charge in [-0.1, -0.05) is 48.5 Å². The lowest BCUT2D eigenvalue weighted by atomic mass is 10.1. The summed E-state index contributed by atoms with van der Waals surface area (Å²) in [5, 5.41) is 7.87. The van der Waals surface area contributed by atoms with E-state index in [1.807, 2.05) is 31.2 Å². The van der Waals surface area contributed by atoms with Crippen LogP contribution in [0.1, 0.15) is 35.0 Å². The number of carbonyl (C=O) groups is 3. The highest BCUT2D eigenvalue weighted by atomic mass is 32.1. The van der Waals surface area contributed by atoms with Gasteiger partial charge in [-0.25, -0.2) is 4.98 Å². The number of nitrogens with one attached hydrogen (secondary N) is 2. The molecule has 1 heterocycles. The topological polar surface area (TPSA) is 101 Å². The average Bonchev–Trinajstić information content (AvgIpc) is 3.32. The molecule has 9 heteroatoms. The number of anilines is 1. The van der Waals surface area contributed by atoms with Gasteiger partial charge in [-0.3, -0.25) is 14.4 Å². The molecule has 3 rings (SSSR count). The van der Waals surface area contributed by atoms with Gasteiger partial charge in [0, 0.05) is 30.6 Å². The Balaban J connectivity index is 1.47. The van der Waals surface area contributed by atoms with Gasteiger partial charge in [0.1, 0.15) is 6.54 Å². The predicted molar refractivity (Wildman–Crippen MR) is 141 cm³/mol. The second-order valence-electron chi connectivity index (χ2n) is 8.45. The Morgan fingerprint density at radius 1 is 1.03 bits per heavy atom. The Morgan fingerprint density at radius 3 is 2.42 bits per heavy atom. The number of carbonyl (C=O) groups excluding carboxylic acids is 3. The van der Waals surface area contributed by atoms with Crippen molar-refractivity contribution in [1.29, 1.82) is 0 Å². The van der Waals surface area contributed by atoms with Crippen LogP contribution in [0.2, 0.25) is 0 Å². The summed E-state index contributed by atoms with van der Waals surface area (Å²) in [5.41, 5.74) is 2.33. The van der Waals surface area contributed by atoms with Crippen LogP contribution < -0.4 is 10.6 Å². The van der Waals surface area contributed by atoms with Gasteiger partial charge in [-0.05, 0) is 37.5 Å². The summed E-state index contributed by atoms with van der Waals surface area (Å²) < 4.78 is 5.09. The van der Waals surface area contributed by atoms with Gasteiger partial charge in [0.05, 0.1) is 18.7 Å². The van der Waals surface area contributed by atoms with Crippen LogP contribution in [-0.4, -0.2) is 60.5 Å². The van der Waals surface area contributed by atoms with Crippen LogP contribution in [0.3, 0.4) is 0 Å². The van der Waals surface area contributed by atoms with Crippen LogP contribution >= 0.6 is 11.3 Å². The molecule has 0 fully saturated rings. The zero-order chi connectivity index (χ0) is 25.8. The summed E-state index contributed by atoms with van der Waals surface area (Å²) in [6.07, 6.45) is 1.87. The average molecular weight is 509 g/mol. The van der Waals surface area contributed by atoms with Crippen molar-refractivity contribution in [2.24, 2.45) is 0 Å². The molecule has 1 aromatic heterocycles. The van der Waals surface area contributed by atoms with Crippen molar-refractivity contribution >= 4 is 34.2 Å². The number of benzene rings is 2. The third kappa shape index (κ3) is 8.90. The fourth-order valence-corrected chi connectivity index (χ4v) is 4.31. The molecule has 0 radical (unpaired) electrons. The maximum absolute atomic E-state index is 12.8. The fraction of sp³-hybridized carbons (Fsp3) is 0.333. The van der Waals surface area contributed by atoms with Crippen molar-refractivity contribution < 1.29 is 19.1 Å². The number of thiazole rings is 1. The summed E-state index contributed by atoms with van der Waals surface area (Å²) >= 11 is 1.24. The van der Waals surface area contributed by atoms with Crippen LogP contribution in [0.4, 0.5) is 5.13 Å². The second-order valence-corrected chi connectivity index (χ2v) is 9.31. The molecule has 0 aliphatic heterocycles. The second kappa shape index (κ2) is 14.1. The van der Waals surface area contributed by atoms with Crippen molar-refractivity contribution in [3.63, 3.8) is 0 Å². The van der Waals surface area contributed by atoms with E-state index in [0.29, 0.717) is 23.0 Å². The van der Waals surface area contributed by atoms with Crippen molar-refractivity contribution in [2.45, 2.75) is 32.2 Å². The van der Waals surface area contributed by atoms with Gasteiger partial charge >= 0.3 is 0 Å². The van der Waals surface area contributed by atoms with Crippen LogP contribution in [0.15, 0.2) is 66.0 Å². The number of aromatic nitrogens is 1. The first-order valence-electron chi connectivity index (χ1n) is 11.9. The molecule has 0 spiro atoms. The highest BCUT2D eigenvalue weighted by Crippen LogP contribution is 2.16. The molecule has 3 aromatic rings. The number of methoxy groups -OCH3 is 1. The van der Waals surface area contributed by atoms with Crippen molar-refractivity contribution in [1.82, 2.24) is 15.2 Å². The molecule has 1 atom stereocenters. The predicted octanol–water partition coefficient (Wildman–Crippen LogP) is 3.55. The molecular weight excluding hydrogens is 476 g/mol. The lowest BCUT2D eigenvalue weighted by Crippen LogP contribution is -2.40. The normalized spacial score (nSPS) is 11.5. The first kappa shape index (κ1) is 27.0. The minimum Gasteiger partial charge on any atom is -0.383 e. The Labute approximate surface area is 215 Å². The van der Waals surface area contributed by atoms with Crippen molar-refractivity contribution in [3.8, 4) is 0 Å². The van der Waals surface area contributed by atoms with E-state index >= 15 is 0 Å². The number of hydrogen-bond donors (Lipinski definition) is 2. The third-order valence-corrected chi connectivity index (χ3v) is 6.27. The van der Waals surface area contributed by atoms with Gasteiger partial charge in [0.25, 0.3) is 5.91 Å². The molecule has 190 valence electrons. The van der Waals surface area contributed by atoms with Crippen LogP contribution in [0.25, 0.3) is 0 Å². The fourth-order valence-electron chi connectivity index (χ4n) is 3.59.